The second kappa shape index (κ2) is 6.39. The van der Waals surface area contributed by atoms with Crippen molar-refractivity contribution in [3.63, 3.8) is 0 Å². The monoisotopic (exact) mass is 241 g/mol. The molecule has 0 aromatic carbocycles. The van der Waals surface area contributed by atoms with Crippen molar-refractivity contribution >= 4 is 5.91 Å². The van der Waals surface area contributed by atoms with Crippen molar-refractivity contribution < 1.29 is 9.90 Å². The van der Waals surface area contributed by atoms with Crippen LogP contribution in [-0.2, 0) is 4.79 Å². The van der Waals surface area contributed by atoms with Crippen LogP contribution in [0.5, 0.6) is 0 Å². The van der Waals surface area contributed by atoms with Crippen LogP contribution in [0.1, 0.15) is 47.0 Å². The Morgan fingerprint density at radius 2 is 1.82 bits per heavy atom. The van der Waals surface area contributed by atoms with E-state index >= 15 is 0 Å². The highest BCUT2D eigenvalue weighted by Crippen LogP contribution is 2.25. The van der Waals surface area contributed by atoms with Crippen molar-refractivity contribution in [1.29, 1.82) is 0 Å². The van der Waals surface area contributed by atoms with Crippen LogP contribution >= 0.6 is 0 Å². The molecule has 1 aliphatic heterocycles. The first-order valence-corrected chi connectivity index (χ1v) is 6.94. The molecule has 0 aliphatic carbocycles. The van der Waals surface area contributed by atoms with Crippen LogP contribution in [0, 0.1) is 17.8 Å². The lowest BCUT2D eigenvalue weighted by atomic mass is 9.86. The fraction of sp³-hybridized carbons (Fsp3) is 0.929. The number of carbonyl (C=O) groups excluding carboxylic acids is 1. The number of nitrogens with zero attached hydrogens (tertiary/aromatic N) is 1. The van der Waals surface area contributed by atoms with E-state index in [4.69, 9.17) is 0 Å². The van der Waals surface area contributed by atoms with Gasteiger partial charge in [0.25, 0.3) is 5.91 Å². The summed E-state index contributed by atoms with van der Waals surface area (Å²) in [4.78, 5) is 13.9. The molecule has 1 heterocycles. The highest BCUT2D eigenvalue weighted by molar-refractivity contribution is 5.81. The summed E-state index contributed by atoms with van der Waals surface area (Å²) in [6.07, 6.45) is 2.19. The van der Waals surface area contributed by atoms with Gasteiger partial charge in [0.2, 0.25) is 0 Å². The molecule has 1 fully saturated rings. The van der Waals surface area contributed by atoms with Crippen LogP contribution in [-0.4, -0.2) is 35.1 Å². The Morgan fingerprint density at radius 1 is 1.29 bits per heavy atom. The molecule has 1 aliphatic rings. The van der Waals surface area contributed by atoms with Crippen molar-refractivity contribution in [3.8, 4) is 0 Å². The molecule has 0 aromatic rings. The second-order valence-electron chi connectivity index (χ2n) is 5.74. The van der Waals surface area contributed by atoms with Gasteiger partial charge in [0, 0.05) is 13.1 Å². The Hall–Kier alpha value is -0.570. The first kappa shape index (κ1) is 14.5. The lowest BCUT2D eigenvalue weighted by Crippen LogP contribution is -2.46. The Morgan fingerprint density at radius 3 is 2.24 bits per heavy atom. The van der Waals surface area contributed by atoms with Gasteiger partial charge in [-0.2, -0.15) is 0 Å². The van der Waals surface area contributed by atoms with E-state index in [-0.39, 0.29) is 11.8 Å². The largest absolute Gasteiger partial charge is 0.383 e. The van der Waals surface area contributed by atoms with E-state index in [2.05, 4.69) is 13.8 Å². The Kier molecular flexibility index (Phi) is 5.44. The number of likely N-dealkylation sites (tertiary alicyclic amines) is 1. The molecule has 1 saturated heterocycles. The number of hydrogen-bond donors (Lipinski definition) is 1. The highest BCUT2D eigenvalue weighted by atomic mass is 16.3. The number of rotatable bonds is 4. The maximum Gasteiger partial charge on any atom is 0.251 e. The topological polar surface area (TPSA) is 40.5 Å². The first-order chi connectivity index (χ1) is 7.97. The average molecular weight is 241 g/mol. The molecule has 2 atom stereocenters. The number of carbonyl (C=O) groups is 1. The minimum absolute atomic E-state index is 0.0605. The van der Waals surface area contributed by atoms with E-state index in [0.29, 0.717) is 5.92 Å². The zero-order valence-corrected chi connectivity index (χ0v) is 11.6. The quantitative estimate of drug-likeness (QED) is 0.820. The van der Waals surface area contributed by atoms with Crippen LogP contribution < -0.4 is 0 Å². The summed E-state index contributed by atoms with van der Waals surface area (Å²) in [5.41, 5.74) is 0. The molecule has 1 N–H and O–H groups in total. The maximum atomic E-state index is 12.1. The summed E-state index contributed by atoms with van der Waals surface area (Å²) in [5.74, 6) is 1.43. The molecule has 0 bridgehead atoms. The molecular formula is C14H27NO2. The van der Waals surface area contributed by atoms with Gasteiger partial charge in [0.1, 0.15) is 6.10 Å². The molecule has 100 valence electrons. The zero-order chi connectivity index (χ0) is 13.0. The van der Waals surface area contributed by atoms with Gasteiger partial charge in [0.05, 0.1) is 0 Å². The molecule has 2 unspecified atom stereocenters. The van der Waals surface area contributed by atoms with Crippen LogP contribution in [0.3, 0.4) is 0 Å². The fourth-order valence-electron chi connectivity index (χ4n) is 2.44. The van der Waals surface area contributed by atoms with Gasteiger partial charge in [-0.05, 0) is 30.6 Å². The number of aliphatic hydroxyl groups is 1. The molecule has 1 amide bonds. The third kappa shape index (κ3) is 3.70. The van der Waals surface area contributed by atoms with E-state index in [1.807, 2.05) is 18.7 Å². The second-order valence-corrected chi connectivity index (χ2v) is 5.74. The van der Waals surface area contributed by atoms with Gasteiger partial charge in [-0.1, -0.05) is 34.1 Å². The van der Waals surface area contributed by atoms with Crippen molar-refractivity contribution in [2.45, 2.75) is 53.1 Å². The molecule has 0 radical (unpaired) electrons. The van der Waals surface area contributed by atoms with Gasteiger partial charge in [-0.15, -0.1) is 0 Å². The minimum Gasteiger partial charge on any atom is -0.383 e. The lowest BCUT2D eigenvalue weighted by molar-refractivity contribution is -0.144. The molecular weight excluding hydrogens is 214 g/mol. The Balaban J connectivity index is 2.46. The third-order valence-corrected chi connectivity index (χ3v) is 4.23. The summed E-state index contributed by atoms with van der Waals surface area (Å²) in [6.45, 7) is 10.1. The lowest BCUT2D eigenvalue weighted by Gasteiger charge is -2.35. The minimum atomic E-state index is -0.810. The predicted octanol–water partition coefficient (Wildman–Crippen LogP) is 2.29. The van der Waals surface area contributed by atoms with Crippen molar-refractivity contribution in [2.24, 2.45) is 17.8 Å². The highest BCUT2D eigenvalue weighted by Gasteiger charge is 2.30. The van der Waals surface area contributed by atoms with E-state index in [0.717, 1.165) is 38.3 Å². The maximum absolute atomic E-state index is 12.1. The Bertz CT molecular complexity index is 245. The molecule has 1 rings (SSSR count). The summed E-state index contributed by atoms with van der Waals surface area (Å²) in [5, 5.41) is 9.92. The molecule has 0 saturated carbocycles. The zero-order valence-electron chi connectivity index (χ0n) is 11.6. The van der Waals surface area contributed by atoms with Crippen molar-refractivity contribution in [1.82, 2.24) is 4.90 Å². The number of aliphatic hydroxyl groups excluding tert-OH is 1. The Labute approximate surface area is 105 Å². The molecule has 3 heteroatoms. The van der Waals surface area contributed by atoms with Crippen molar-refractivity contribution in [3.05, 3.63) is 0 Å². The predicted molar refractivity (Wildman–Crippen MR) is 69.6 cm³/mol. The van der Waals surface area contributed by atoms with Crippen LogP contribution in [0.2, 0.25) is 0 Å². The van der Waals surface area contributed by atoms with Gasteiger partial charge in [-0.25, -0.2) is 0 Å². The molecule has 17 heavy (non-hydrogen) atoms. The van der Waals surface area contributed by atoms with E-state index < -0.39 is 6.10 Å². The van der Waals surface area contributed by atoms with Crippen LogP contribution in [0.15, 0.2) is 0 Å². The SMILES string of the molecule is CCC(C)C(O)C(=O)N1CCC(C(C)C)CC1. The third-order valence-electron chi connectivity index (χ3n) is 4.23. The van der Waals surface area contributed by atoms with Crippen LogP contribution in [0.25, 0.3) is 0 Å². The fourth-order valence-corrected chi connectivity index (χ4v) is 2.44. The summed E-state index contributed by atoms with van der Waals surface area (Å²) >= 11 is 0. The van der Waals surface area contributed by atoms with Gasteiger partial charge < -0.3 is 10.0 Å². The molecule has 0 aromatic heterocycles. The smallest absolute Gasteiger partial charge is 0.251 e. The standard InChI is InChI=1S/C14H27NO2/c1-5-11(4)13(16)14(17)15-8-6-12(7-9-15)10(2)3/h10-13,16H,5-9H2,1-4H3. The normalized spacial score (nSPS) is 21.6. The van der Waals surface area contributed by atoms with Gasteiger partial charge in [-0.3, -0.25) is 4.79 Å². The summed E-state index contributed by atoms with van der Waals surface area (Å²) in [7, 11) is 0. The van der Waals surface area contributed by atoms with E-state index in [9.17, 15) is 9.90 Å². The molecule has 0 spiro atoms. The van der Waals surface area contributed by atoms with E-state index in [1.165, 1.54) is 0 Å². The van der Waals surface area contributed by atoms with Crippen molar-refractivity contribution in [2.75, 3.05) is 13.1 Å². The summed E-state index contributed by atoms with van der Waals surface area (Å²) < 4.78 is 0. The number of piperidine rings is 1. The van der Waals surface area contributed by atoms with E-state index in [1.54, 1.807) is 0 Å². The first-order valence-electron chi connectivity index (χ1n) is 6.94. The average Bonchev–Trinajstić information content (AvgIpc) is 2.36. The number of hydrogen-bond acceptors (Lipinski definition) is 2. The van der Waals surface area contributed by atoms with Crippen LogP contribution in [0.4, 0.5) is 0 Å². The van der Waals surface area contributed by atoms with Gasteiger partial charge in [0.15, 0.2) is 0 Å². The van der Waals surface area contributed by atoms with Gasteiger partial charge >= 0.3 is 0 Å². The summed E-state index contributed by atoms with van der Waals surface area (Å²) in [6, 6.07) is 0. The molecule has 3 nitrogen and oxygen atoms in total. The number of amides is 1.